The predicted molar refractivity (Wildman–Crippen MR) is 86.6 cm³/mol. The van der Waals surface area contributed by atoms with Crippen LogP contribution in [0.2, 0.25) is 0 Å². The van der Waals surface area contributed by atoms with Crippen LogP contribution >= 0.6 is 0 Å². The first-order chi connectivity index (χ1) is 10.3. The number of piperidine rings is 1. The van der Waals surface area contributed by atoms with Gasteiger partial charge in [0.25, 0.3) is 0 Å². The van der Waals surface area contributed by atoms with E-state index < -0.39 is 0 Å². The van der Waals surface area contributed by atoms with Gasteiger partial charge in [0, 0.05) is 18.6 Å². The highest BCUT2D eigenvalue weighted by Crippen LogP contribution is 2.30. The quantitative estimate of drug-likeness (QED) is 0.922. The number of hydrogen-bond acceptors (Lipinski definition) is 3. The van der Waals surface area contributed by atoms with E-state index in [1.54, 1.807) is 0 Å². The monoisotopic (exact) mass is 288 g/mol. The molecule has 0 radical (unpaired) electrons. The van der Waals surface area contributed by atoms with E-state index in [0.717, 1.165) is 19.6 Å². The van der Waals surface area contributed by atoms with Crippen LogP contribution in [0.25, 0.3) is 0 Å². The SMILES string of the molecule is CNC(C)C1CCCCN1CC1OCCc2ccccc21. The van der Waals surface area contributed by atoms with E-state index in [2.05, 4.69) is 48.5 Å². The number of hydrogen-bond donors (Lipinski definition) is 1. The zero-order valence-electron chi connectivity index (χ0n) is 13.3. The number of nitrogens with zero attached hydrogens (tertiary/aromatic N) is 1. The van der Waals surface area contributed by atoms with Gasteiger partial charge in [-0.05, 0) is 50.9 Å². The molecule has 3 heteroatoms. The number of rotatable bonds is 4. The topological polar surface area (TPSA) is 24.5 Å². The minimum absolute atomic E-state index is 0.250. The molecule has 2 aliphatic rings. The summed E-state index contributed by atoms with van der Waals surface area (Å²) in [6.45, 7) is 5.41. The summed E-state index contributed by atoms with van der Waals surface area (Å²) in [5.41, 5.74) is 2.88. The van der Waals surface area contributed by atoms with Crippen LogP contribution < -0.4 is 5.32 Å². The third kappa shape index (κ3) is 3.31. The Labute approximate surface area is 128 Å². The highest BCUT2D eigenvalue weighted by Gasteiger charge is 2.30. The standard InChI is InChI=1S/C18H28N2O/c1-14(19-2)17-9-5-6-11-20(17)13-18-16-8-4-3-7-15(16)10-12-21-18/h3-4,7-8,14,17-19H,5-6,9-13H2,1-2H3. The van der Waals surface area contributed by atoms with Gasteiger partial charge in [-0.2, -0.15) is 0 Å². The van der Waals surface area contributed by atoms with Gasteiger partial charge in [-0.1, -0.05) is 30.7 Å². The second-order valence-corrected chi connectivity index (χ2v) is 6.44. The van der Waals surface area contributed by atoms with Gasteiger partial charge in [-0.15, -0.1) is 0 Å². The summed E-state index contributed by atoms with van der Waals surface area (Å²) in [6, 6.07) is 9.98. The van der Waals surface area contributed by atoms with Gasteiger partial charge in [-0.25, -0.2) is 0 Å². The molecule has 0 saturated carbocycles. The molecule has 3 atom stereocenters. The minimum Gasteiger partial charge on any atom is -0.372 e. The van der Waals surface area contributed by atoms with Gasteiger partial charge >= 0.3 is 0 Å². The van der Waals surface area contributed by atoms with Crippen LogP contribution in [0.1, 0.15) is 43.4 Å². The summed E-state index contributed by atoms with van der Waals surface area (Å²) in [7, 11) is 2.07. The van der Waals surface area contributed by atoms with E-state index in [4.69, 9.17) is 4.74 Å². The molecule has 0 spiro atoms. The smallest absolute Gasteiger partial charge is 0.0954 e. The Balaban J connectivity index is 1.73. The molecule has 1 saturated heterocycles. The summed E-state index contributed by atoms with van der Waals surface area (Å²) >= 11 is 0. The third-order valence-corrected chi connectivity index (χ3v) is 5.19. The van der Waals surface area contributed by atoms with E-state index in [-0.39, 0.29) is 6.10 Å². The van der Waals surface area contributed by atoms with Gasteiger partial charge in [0.15, 0.2) is 0 Å². The lowest BCUT2D eigenvalue weighted by atomic mass is 9.93. The van der Waals surface area contributed by atoms with E-state index in [9.17, 15) is 0 Å². The fraction of sp³-hybridized carbons (Fsp3) is 0.667. The lowest BCUT2D eigenvalue weighted by molar-refractivity contribution is -0.00572. The van der Waals surface area contributed by atoms with Crippen molar-refractivity contribution in [1.82, 2.24) is 10.2 Å². The van der Waals surface area contributed by atoms with Gasteiger partial charge in [0.1, 0.15) is 0 Å². The molecule has 3 rings (SSSR count). The minimum atomic E-state index is 0.250. The Morgan fingerprint density at radius 1 is 1.33 bits per heavy atom. The van der Waals surface area contributed by atoms with Crippen molar-refractivity contribution in [2.24, 2.45) is 0 Å². The molecule has 3 unspecified atom stereocenters. The van der Waals surface area contributed by atoms with Gasteiger partial charge in [-0.3, -0.25) is 4.90 Å². The van der Waals surface area contributed by atoms with Gasteiger partial charge < -0.3 is 10.1 Å². The van der Waals surface area contributed by atoms with E-state index in [1.807, 2.05) is 0 Å². The van der Waals surface area contributed by atoms with Crippen molar-refractivity contribution in [2.45, 2.75) is 50.8 Å². The molecule has 2 aliphatic heterocycles. The van der Waals surface area contributed by atoms with Crippen LogP contribution in [0.5, 0.6) is 0 Å². The molecule has 1 fully saturated rings. The number of likely N-dealkylation sites (N-methyl/N-ethyl adjacent to an activating group) is 1. The van der Waals surface area contributed by atoms with Crippen LogP contribution in [0, 0.1) is 0 Å². The Morgan fingerprint density at radius 2 is 2.19 bits per heavy atom. The zero-order valence-corrected chi connectivity index (χ0v) is 13.3. The van der Waals surface area contributed by atoms with Crippen LogP contribution in [0.3, 0.4) is 0 Å². The van der Waals surface area contributed by atoms with Crippen molar-refractivity contribution in [3.05, 3.63) is 35.4 Å². The summed E-state index contributed by atoms with van der Waals surface area (Å²) in [5.74, 6) is 0. The Bertz CT molecular complexity index is 462. The number of nitrogens with one attached hydrogen (secondary N) is 1. The van der Waals surface area contributed by atoms with Crippen molar-refractivity contribution < 1.29 is 4.74 Å². The van der Waals surface area contributed by atoms with Crippen molar-refractivity contribution >= 4 is 0 Å². The fourth-order valence-electron chi connectivity index (χ4n) is 3.84. The summed E-state index contributed by atoms with van der Waals surface area (Å²) in [4.78, 5) is 2.65. The van der Waals surface area contributed by atoms with Crippen molar-refractivity contribution in [1.29, 1.82) is 0 Å². The van der Waals surface area contributed by atoms with Crippen LogP contribution in [-0.4, -0.2) is 43.7 Å². The largest absolute Gasteiger partial charge is 0.372 e. The molecule has 1 aromatic carbocycles. The molecule has 116 valence electrons. The van der Waals surface area contributed by atoms with Crippen LogP contribution in [-0.2, 0) is 11.2 Å². The zero-order chi connectivity index (χ0) is 14.7. The summed E-state index contributed by atoms with van der Waals surface area (Å²) in [5, 5.41) is 3.44. The molecule has 0 bridgehead atoms. The van der Waals surface area contributed by atoms with Crippen molar-refractivity contribution in [2.75, 3.05) is 26.7 Å². The van der Waals surface area contributed by atoms with Crippen LogP contribution in [0.15, 0.2) is 24.3 Å². The van der Waals surface area contributed by atoms with E-state index in [0.29, 0.717) is 12.1 Å². The average Bonchev–Trinajstić information content (AvgIpc) is 2.55. The van der Waals surface area contributed by atoms with Crippen molar-refractivity contribution in [3.63, 3.8) is 0 Å². The summed E-state index contributed by atoms with van der Waals surface area (Å²) < 4.78 is 6.11. The Kier molecular flexibility index (Phi) is 4.94. The molecular formula is C18H28N2O. The molecule has 1 aromatic rings. The molecule has 1 N–H and O–H groups in total. The molecule has 2 heterocycles. The normalized spacial score (nSPS) is 28.1. The molecule has 3 nitrogen and oxygen atoms in total. The Hall–Kier alpha value is -0.900. The maximum atomic E-state index is 6.11. The number of likely N-dealkylation sites (tertiary alicyclic amines) is 1. The first kappa shape index (κ1) is 15.0. The first-order valence-corrected chi connectivity index (χ1v) is 8.40. The average molecular weight is 288 g/mol. The maximum Gasteiger partial charge on any atom is 0.0954 e. The van der Waals surface area contributed by atoms with E-state index >= 15 is 0 Å². The van der Waals surface area contributed by atoms with Gasteiger partial charge in [0.2, 0.25) is 0 Å². The molecule has 0 aliphatic carbocycles. The van der Waals surface area contributed by atoms with Gasteiger partial charge in [0.05, 0.1) is 12.7 Å². The molecular weight excluding hydrogens is 260 g/mol. The molecule has 0 aromatic heterocycles. The lowest BCUT2D eigenvalue weighted by Crippen LogP contribution is -2.51. The summed E-state index contributed by atoms with van der Waals surface area (Å²) in [6.07, 6.45) is 5.29. The number of benzene rings is 1. The van der Waals surface area contributed by atoms with E-state index in [1.165, 1.54) is 36.9 Å². The third-order valence-electron chi connectivity index (χ3n) is 5.19. The highest BCUT2D eigenvalue weighted by molar-refractivity contribution is 5.31. The molecule has 0 amide bonds. The number of fused-ring (bicyclic) bond motifs is 1. The lowest BCUT2D eigenvalue weighted by Gasteiger charge is -2.41. The number of ether oxygens (including phenoxy) is 1. The first-order valence-electron chi connectivity index (χ1n) is 8.40. The maximum absolute atomic E-state index is 6.11. The second-order valence-electron chi connectivity index (χ2n) is 6.44. The molecule has 21 heavy (non-hydrogen) atoms. The highest BCUT2D eigenvalue weighted by atomic mass is 16.5. The fourth-order valence-corrected chi connectivity index (χ4v) is 3.84. The predicted octanol–water partition coefficient (Wildman–Crippen LogP) is 2.76. The van der Waals surface area contributed by atoms with Crippen LogP contribution in [0.4, 0.5) is 0 Å². The Morgan fingerprint density at radius 3 is 3.05 bits per heavy atom. The van der Waals surface area contributed by atoms with Crippen molar-refractivity contribution in [3.8, 4) is 0 Å². The second kappa shape index (κ2) is 6.91.